The summed E-state index contributed by atoms with van der Waals surface area (Å²) < 4.78 is 38.0. The van der Waals surface area contributed by atoms with Crippen molar-refractivity contribution in [1.29, 1.82) is 0 Å². The first kappa shape index (κ1) is 11.0. The van der Waals surface area contributed by atoms with Gasteiger partial charge in [-0.2, -0.15) is 18.3 Å². The molecule has 1 heterocycles. The second kappa shape index (κ2) is 3.83. The molecule has 84 valence electrons. The highest BCUT2D eigenvalue weighted by atomic mass is 35.5. The molecule has 0 N–H and O–H groups in total. The van der Waals surface area contributed by atoms with Crippen LogP contribution in [0, 0.1) is 0 Å². The second-order valence-corrected chi connectivity index (χ2v) is 3.50. The Bertz CT molecular complexity index is 505. The lowest BCUT2D eigenvalue weighted by atomic mass is 10.3. The van der Waals surface area contributed by atoms with E-state index in [1.165, 1.54) is 6.20 Å². The molecule has 0 aliphatic heterocycles. The predicted molar refractivity (Wildman–Crippen MR) is 53.6 cm³/mol. The van der Waals surface area contributed by atoms with Crippen molar-refractivity contribution in [1.82, 2.24) is 9.78 Å². The van der Waals surface area contributed by atoms with E-state index in [4.69, 9.17) is 11.6 Å². The van der Waals surface area contributed by atoms with E-state index in [-0.39, 0.29) is 0 Å². The highest BCUT2D eigenvalue weighted by molar-refractivity contribution is 6.32. The summed E-state index contributed by atoms with van der Waals surface area (Å²) in [5, 5.41) is 3.77. The van der Waals surface area contributed by atoms with E-state index in [0.717, 1.165) is 10.7 Å². The molecule has 0 saturated carbocycles. The Balaban J connectivity index is 2.44. The van der Waals surface area contributed by atoms with Gasteiger partial charge in [0.15, 0.2) is 5.69 Å². The van der Waals surface area contributed by atoms with Gasteiger partial charge in [0.25, 0.3) is 0 Å². The minimum absolute atomic E-state index is 0.347. The van der Waals surface area contributed by atoms with Crippen LogP contribution in [-0.2, 0) is 6.18 Å². The van der Waals surface area contributed by atoms with Crippen LogP contribution in [0.25, 0.3) is 5.69 Å². The van der Waals surface area contributed by atoms with Gasteiger partial charge in [-0.1, -0.05) is 23.7 Å². The topological polar surface area (TPSA) is 17.8 Å². The Morgan fingerprint density at radius 1 is 1.12 bits per heavy atom. The highest BCUT2D eigenvalue weighted by Gasteiger charge is 2.33. The van der Waals surface area contributed by atoms with E-state index < -0.39 is 11.9 Å². The van der Waals surface area contributed by atoms with Crippen LogP contribution >= 0.6 is 11.6 Å². The molecule has 0 saturated heterocycles. The smallest absolute Gasteiger partial charge is 0.239 e. The first-order chi connectivity index (χ1) is 7.48. The Kier molecular flexibility index (Phi) is 2.63. The molecule has 2 rings (SSSR count). The van der Waals surface area contributed by atoms with Crippen LogP contribution < -0.4 is 0 Å². The molecule has 0 aliphatic rings. The van der Waals surface area contributed by atoms with Gasteiger partial charge < -0.3 is 0 Å². The largest absolute Gasteiger partial charge is 0.435 e. The molecule has 0 radical (unpaired) electrons. The third-order valence-electron chi connectivity index (χ3n) is 1.98. The Hall–Kier alpha value is -1.49. The number of rotatable bonds is 1. The van der Waals surface area contributed by atoms with Gasteiger partial charge in [-0.05, 0) is 18.2 Å². The fraction of sp³-hybridized carbons (Fsp3) is 0.100. The van der Waals surface area contributed by atoms with Crippen LogP contribution in [0.4, 0.5) is 13.2 Å². The van der Waals surface area contributed by atoms with Crippen molar-refractivity contribution >= 4 is 11.6 Å². The van der Waals surface area contributed by atoms with Gasteiger partial charge in [0.2, 0.25) is 0 Å². The predicted octanol–water partition coefficient (Wildman–Crippen LogP) is 3.54. The Labute approximate surface area is 94.3 Å². The molecule has 2 nitrogen and oxygen atoms in total. The average molecular weight is 247 g/mol. The summed E-state index contributed by atoms with van der Waals surface area (Å²) in [6.45, 7) is 0. The first-order valence-corrected chi connectivity index (χ1v) is 4.74. The van der Waals surface area contributed by atoms with Crippen molar-refractivity contribution < 1.29 is 13.2 Å². The summed E-state index contributed by atoms with van der Waals surface area (Å²) in [5.74, 6) is 0. The number of alkyl halides is 3. The van der Waals surface area contributed by atoms with Gasteiger partial charge in [-0.25, -0.2) is 4.68 Å². The second-order valence-electron chi connectivity index (χ2n) is 3.09. The van der Waals surface area contributed by atoms with Crippen molar-refractivity contribution in [3.05, 3.63) is 47.2 Å². The zero-order chi connectivity index (χ0) is 11.8. The van der Waals surface area contributed by atoms with Gasteiger partial charge >= 0.3 is 6.18 Å². The molecule has 0 amide bonds. The number of nitrogens with zero attached hydrogens (tertiary/aromatic N) is 2. The maximum atomic E-state index is 12.3. The fourth-order valence-corrected chi connectivity index (χ4v) is 1.47. The molecule has 0 unspecified atom stereocenters. The van der Waals surface area contributed by atoms with Crippen molar-refractivity contribution in [2.75, 3.05) is 0 Å². The standard InChI is InChI=1S/C10H6ClF3N2/c11-7-3-1-2-4-8(7)16-6-5-9(15-16)10(12,13)14/h1-6H. The van der Waals surface area contributed by atoms with E-state index in [1.54, 1.807) is 24.3 Å². The van der Waals surface area contributed by atoms with E-state index in [1.807, 2.05) is 0 Å². The fourth-order valence-electron chi connectivity index (χ4n) is 1.25. The number of aromatic nitrogens is 2. The number of para-hydroxylation sites is 1. The van der Waals surface area contributed by atoms with Crippen LogP contribution in [-0.4, -0.2) is 9.78 Å². The SMILES string of the molecule is FC(F)(F)c1ccn(-c2ccccc2Cl)n1. The number of halogens is 4. The first-order valence-electron chi connectivity index (χ1n) is 4.36. The zero-order valence-corrected chi connectivity index (χ0v) is 8.63. The highest BCUT2D eigenvalue weighted by Crippen LogP contribution is 2.28. The molecule has 0 bridgehead atoms. The van der Waals surface area contributed by atoms with Gasteiger partial charge in [0.05, 0.1) is 10.7 Å². The summed E-state index contributed by atoms with van der Waals surface area (Å²) >= 11 is 5.84. The molecular formula is C10H6ClF3N2. The van der Waals surface area contributed by atoms with Crippen LogP contribution in [0.5, 0.6) is 0 Å². The van der Waals surface area contributed by atoms with E-state index >= 15 is 0 Å². The van der Waals surface area contributed by atoms with Gasteiger partial charge in [-0.15, -0.1) is 0 Å². The molecule has 2 aromatic rings. The number of hydrogen-bond acceptors (Lipinski definition) is 1. The maximum Gasteiger partial charge on any atom is 0.435 e. The monoisotopic (exact) mass is 246 g/mol. The normalized spacial score (nSPS) is 11.8. The molecule has 1 aromatic heterocycles. The van der Waals surface area contributed by atoms with Crippen LogP contribution in [0.2, 0.25) is 5.02 Å². The van der Waals surface area contributed by atoms with Crippen molar-refractivity contribution in [2.24, 2.45) is 0 Å². The quantitative estimate of drug-likeness (QED) is 0.752. The summed E-state index contributed by atoms with van der Waals surface area (Å²) in [4.78, 5) is 0. The Morgan fingerprint density at radius 2 is 1.81 bits per heavy atom. The van der Waals surface area contributed by atoms with Crippen molar-refractivity contribution in [2.45, 2.75) is 6.18 Å². The van der Waals surface area contributed by atoms with Crippen molar-refractivity contribution in [3.8, 4) is 5.69 Å². The van der Waals surface area contributed by atoms with Gasteiger partial charge in [0, 0.05) is 6.20 Å². The maximum absolute atomic E-state index is 12.3. The summed E-state index contributed by atoms with van der Waals surface area (Å²) in [5.41, 5.74) is -0.521. The molecule has 1 aromatic carbocycles. The number of hydrogen-bond donors (Lipinski definition) is 0. The Morgan fingerprint density at radius 3 is 2.38 bits per heavy atom. The number of benzene rings is 1. The molecule has 6 heteroatoms. The zero-order valence-electron chi connectivity index (χ0n) is 7.87. The molecular weight excluding hydrogens is 241 g/mol. The summed E-state index contributed by atoms with van der Waals surface area (Å²) in [7, 11) is 0. The van der Waals surface area contributed by atoms with E-state index in [9.17, 15) is 13.2 Å². The van der Waals surface area contributed by atoms with Gasteiger partial charge in [-0.3, -0.25) is 0 Å². The van der Waals surface area contributed by atoms with Gasteiger partial charge in [0.1, 0.15) is 0 Å². The van der Waals surface area contributed by atoms with E-state index in [0.29, 0.717) is 10.7 Å². The third kappa shape index (κ3) is 2.04. The van der Waals surface area contributed by atoms with Crippen molar-refractivity contribution in [3.63, 3.8) is 0 Å². The third-order valence-corrected chi connectivity index (χ3v) is 2.30. The molecule has 0 aliphatic carbocycles. The lowest BCUT2D eigenvalue weighted by Crippen LogP contribution is -2.07. The molecule has 0 fully saturated rings. The average Bonchev–Trinajstić information content (AvgIpc) is 2.66. The molecule has 0 atom stereocenters. The summed E-state index contributed by atoms with van der Waals surface area (Å²) in [6.07, 6.45) is -3.21. The van der Waals surface area contributed by atoms with Crippen LogP contribution in [0.1, 0.15) is 5.69 Å². The minimum atomic E-state index is -4.44. The summed E-state index contributed by atoms with van der Waals surface area (Å²) in [6, 6.07) is 7.46. The molecule has 0 spiro atoms. The lowest BCUT2D eigenvalue weighted by Gasteiger charge is -2.04. The van der Waals surface area contributed by atoms with Crippen LogP contribution in [0.3, 0.4) is 0 Å². The lowest BCUT2D eigenvalue weighted by molar-refractivity contribution is -0.141. The van der Waals surface area contributed by atoms with Crippen LogP contribution in [0.15, 0.2) is 36.5 Å². The van der Waals surface area contributed by atoms with E-state index in [2.05, 4.69) is 5.10 Å². The minimum Gasteiger partial charge on any atom is -0.239 e. The molecule has 16 heavy (non-hydrogen) atoms.